The SMILES string of the molecule is CCNC(C)c1cnc(C2CN(CC)CCO2)nc1C. The third kappa shape index (κ3) is 3.53. The fourth-order valence-corrected chi connectivity index (χ4v) is 2.64. The molecule has 1 aliphatic heterocycles. The Morgan fingerprint density at radius 2 is 2.30 bits per heavy atom. The summed E-state index contributed by atoms with van der Waals surface area (Å²) in [6.07, 6.45) is 1.95. The molecule has 0 aliphatic carbocycles. The molecule has 2 heterocycles. The van der Waals surface area contributed by atoms with Gasteiger partial charge < -0.3 is 10.1 Å². The third-order valence-corrected chi connectivity index (χ3v) is 3.90. The van der Waals surface area contributed by atoms with Crippen LogP contribution in [-0.2, 0) is 4.74 Å². The number of rotatable bonds is 5. The van der Waals surface area contributed by atoms with E-state index in [1.54, 1.807) is 0 Å². The predicted octanol–water partition coefficient (Wildman–Crippen LogP) is 1.85. The summed E-state index contributed by atoms with van der Waals surface area (Å²) in [5.41, 5.74) is 2.21. The first kappa shape index (κ1) is 15.4. The summed E-state index contributed by atoms with van der Waals surface area (Å²) in [5, 5.41) is 3.40. The summed E-state index contributed by atoms with van der Waals surface area (Å²) >= 11 is 0. The van der Waals surface area contributed by atoms with Gasteiger partial charge in [0, 0.05) is 36.6 Å². The van der Waals surface area contributed by atoms with Crippen molar-refractivity contribution in [3.05, 3.63) is 23.3 Å². The smallest absolute Gasteiger partial charge is 0.158 e. The van der Waals surface area contributed by atoms with Crippen LogP contribution in [-0.4, -0.2) is 47.7 Å². The van der Waals surface area contributed by atoms with Crippen molar-refractivity contribution in [3.63, 3.8) is 0 Å². The molecule has 2 rings (SSSR count). The minimum atomic E-state index is 0.00545. The van der Waals surface area contributed by atoms with Crippen LogP contribution >= 0.6 is 0 Å². The highest BCUT2D eigenvalue weighted by molar-refractivity contribution is 5.20. The van der Waals surface area contributed by atoms with E-state index in [4.69, 9.17) is 4.74 Å². The summed E-state index contributed by atoms with van der Waals surface area (Å²) in [6, 6.07) is 0.286. The van der Waals surface area contributed by atoms with Crippen LogP contribution < -0.4 is 5.32 Å². The van der Waals surface area contributed by atoms with E-state index in [1.165, 1.54) is 5.56 Å². The molecule has 1 saturated heterocycles. The zero-order valence-corrected chi connectivity index (χ0v) is 13.0. The molecule has 0 aromatic carbocycles. The second-order valence-corrected chi connectivity index (χ2v) is 5.30. The number of hydrogen-bond donors (Lipinski definition) is 1. The van der Waals surface area contributed by atoms with Gasteiger partial charge in [0.15, 0.2) is 5.82 Å². The van der Waals surface area contributed by atoms with Gasteiger partial charge in [0.05, 0.1) is 6.61 Å². The van der Waals surface area contributed by atoms with Crippen molar-refractivity contribution < 1.29 is 4.74 Å². The fourth-order valence-electron chi connectivity index (χ4n) is 2.64. The van der Waals surface area contributed by atoms with Crippen LogP contribution in [0, 0.1) is 6.92 Å². The number of aromatic nitrogens is 2. The van der Waals surface area contributed by atoms with Crippen molar-refractivity contribution in [2.24, 2.45) is 0 Å². The van der Waals surface area contributed by atoms with E-state index < -0.39 is 0 Å². The number of morpholine rings is 1. The van der Waals surface area contributed by atoms with Crippen LogP contribution in [0.4, 0.5) is 0 Å². The highest BCUT2D eigenvalue weighted by atomic mass is 16.5. The number of aryl methyl sites for hydroxylation is 1. The number of hydrogen-bond acceptors (Lipinski definition) is 5. The molecular weight excluding hydrogens is 252 g/mol. The van der Waals surface area contributed by atoms with Gasteiger partial charge in [-0.1, -0.05) is 13.8 Å². The topological polar surface area (TPSA) is 50.3 Å². The minimum absolute atomic E-state index is 0.00545. The van der Waals surface area contributed by atoms with Gasteiger partial charge in [-0.3, -0.25) is 4.90 Å². The average Bonchev–Trinajstić information content (AvgIpc) is 2.47. The number of ether oxygens (including phenoxy) is 1. The van der Waals surface area contributed by atoms with Crippen LogP contribution in [0.3, 0.4) is 0 Å². The monoisotopic (exact) mass is 278 g/mol. The van der Waals surface area contributed by atoms with Gasteiger partial charge in [-0.2, -0.15) is 0 Å². The summed E-state index contributed by atoms with van der Waals surface area (Å²) < 4.78 is 5.82. The molecule has 20 heavy (non-hydrogen) atoms. The second kappa shape index (κ2) is 7.11. The zero-order chi connectivity index (χ0) is 14.5. The van der Waals surface area contributed by atoms with Crippen LogP contribution in [0.15, 0.2) is 6.20 Å². The molecular formula is C15H26N4O. The Labute approximate surface area is 121 Å². The normalized spacial score (nSPS) is 21.9. The molecule has 5 heteroatoms. The van der Waals surface area contributed by atoms with E-state index in [2.05, 4.69) is 47.9 Å². The first-order valence-electron chi connectivity index (χ1n) is 7.56. The first-order chi connectivity index (χ1) is 9.65. The van der Waals surface area contributed by atoms with Gasteiger partial charge in [0.2, 0.25) is 0 Å². The molecule has 0 radical (unpaired) electrons. The number of nitrogens with zero attached hydrogens (tertiary/aromatic N) is 3. The van der Waals surface area contributed by atoms with Crippen LogP contribution in [0.2, 0.25) is 0 Å². The Morgan fingerprint density at radius 1 is 1.50 bits per heavy atom. The van der Waals surface area contributed by atoms with Crippen molar-refractivity contribution in [1.82, 2.24) is 20.2 Å². The molecule has 0 amide bonds. The van der Waals surface area contributed by atoms with Crippen molar-refractivity contribution in [2.45, 2.75) is 39.8 Å². The van der Waals surface area contributed by atoms with E-state index in [0.29, 0.717) is 0 Å². The highest BCUT2D eigenvalue weighted by Crippen LogP contribution is 2.21. The molecule has 0 spiro atoms. The Balaban J connectivity index is 2.12. The van der Waals surface area contributed by atoms with Crippen LogP contribution in [0.1, 0.15) is 50.0 Å². The Morgan fingerprint density at radius 3 is 2.95 bits per heavy atom. The van der Waals surface area contributed by atoms with Gasteiger partial charge >= 0.3 is 0 Å². The standard InChI is InChI=1S/C15H26N4O/c1-5-16-11(3)13-9-17-15(18-12(13)4)14-10-19(6-2)7-8-20-14/h9,11,14,16H,5-8,10H2,1-4H3. The summed E-state index contributed by atoms with van der Waals surface area (Å²) in [4.78, 5) is 11.6. The maximum absolute atomic E-state index is 5.82. The van der Waals surface area contributed by atoms with Crippen molar-refractivity contribution in [2.75, 3.05) is 32.8 Å². The lowest BCUT2D eigenvalue weighted by Crippen LogP contribution is -2.38. The number of nitrogens with one attached hydrogen (secondary N) is 1. The fraction of sp³-hybridized carbons (Fsp3) is 0.733. The molecule has 1 fully saturated rings. The molecule has 1 aromatic rings. The van der Waals surface area contributed by atoms with E-state index in [1.807, 2.05) is 6.20 Å². The highest BCUT2D eigenvalue weighted by Gasteiger charge is 2.24. The van der Waals surface area contributed by atoms with Crippen LogP contribution in [0.5, 0.6) is 0 Å². The molecule has 0 bridgehead atoms. The molecule has 2 unspecified atom stereocenters. The van der Waals surface area contributed by atoms with E-state index >= 15 is 0 Å². The Kier molecular flexibility index (Phi) is 5.46. The zero-order valence-electron chi connectivity index (χ0n) is 13.0. The summed E-state index contributed by atoms with van der Waals surface area (Å²) in [6.45, 7) is 13.1. The van der Waals surface area contributed by atoms with E-state index in [0.717, 1.165) is 44.3 Å². The second-order valence-electron chi connectivity index (χ2n) is 5.30. The Hall–Kier alpha value is -1.04. The molecule has 5 nitrogen and oxygen atoms in total. The lowest BCUT2D eigenvalue weighted by molar-refractivity contribution is -0.0326. The third-order valence-electron chi connectivity index (χ3n) is 3.90. The van der Waals surface area contributed by atoms with Gasteiger partial charge in [0.25, 0.3) is 0 Å². The largest absolute Gasteiger partial charge is 0.368 e. The first-order valence-corrected chi connectivity index (χ1v) is 7.56. The average molecular weight is 278 g/mol. The molecule has 0 saturated carbocycles. The molecule has 2 atom stereocenters. The maximum Gasteiger partial charge on any atom is 0.158 e. The molecule has 1 aromatic heterocycles. The van der Waals surface area contributed by atoms with Crippen molar-refractivity contribution >= 4 is 0 Å². The lowest BCUT2D eigenvalue weighted by atomic mass is 10.1. The van der Waals surface area contributed by atoms with Crippen molar-refractivity contribution in [3.8, 4) is 0 Å². The van der Waals surface area contributed by atoms with E-state index in [9.17, 15) is 0 Å². The number of likely N-dealkylation sites (N-methyl/N-ethyl adjacent to an activating group) is 1. The minimum Gasteiger partial charge on any atom is -0.368 e. The van der Waals surface area contributed by atoms with E-state index in [-0.39, 0.29) is 12.1 Å². The van der Waals surface area contributed by atoms with Crippen LogP contribution in [0.25, 0.3) is 0 Å². The summed E-state index contributed by atoms with van der Waals surface area (Å²) in [7, 11) is 0. The molecule has 1 N–H and O–H groups in total. The lowest BCUT2D eigenvalue weighted by Gasteiger charge is -2.31. The quantitative estimate of drug-likeness (QED) is 0.891. The predicted molar refractivity (Wildman–Crippen MR) is 79.7 cm³/mol. The molecule has 112 valence electrons. The van der Waals surface area contributed by atoms with Gasteiger partial charge in [-0.25, -0.2) is 9.97 Å². The van der Waals surface area contributed by atoms with Crippen molar-refractivity contribution in [1.29, 1.82) is 0 Å². The maximum atomic E-state index is 5.82. The van der Waals surface area contributed by atoms with Gasteiger partial charge in [-0.05, 0) is 26.9 Å². The van der Waals surface area contributed by atoms with Gasteiger partial charge in [-0.15, -0.1) is 0 Å². The van der Waals surface area contributed by atoms with Gasteiger partial charge in [0.1, 0.15) is 6.10 Å². The summed E-state index contributed by atoms with van der Waals surface area (Å²) in [5.74, 6) is 0.813. The molecule has 1 aliphatic rings. The Bertz CT molecular complexity index is 438.